The van der Waals surface area contributed by atoms with Crippen LogP contribution in [0.1, 0.15) is 6.42 Å². The van der Waals surface area contributed by atoms with Gasteiger partial charge in [-0.1, -0.05) is 23.2 Å². The number of nitrogens with one attached hydrogen (secondary N) is 1. The number of alkyl halides is 1. The number of nitrogens with zero attached hydrogens (tertiary/aromatic N) is 1. The molecule has 0 saturated carbocycles. The van der Waals surface area contributed by atoms with Crippen LogP contribution < -0.4 is 5.32 Å². The molecule has 0 spiro atoms. The van der Waals surface area contributed by atoms with Crippen LogP contribution in [0.3, 0.4) is 0 Å². The van der Waals surface area contributed by atoms with E-state index in [4.69, 9.17) is 23.2 Å². The summed E-state index contributed by atoms with van der Waals surface area (Å²) in [6, 6.07) is -0.779. The van der Waals surface area contributed by atoms with E-state index < -0.39 is 16.5 Å². The zero-order valence-corrected chi connectivity index (χ0v) is 6.97. The van der Waals surface area contributed by atoms with E-state index >= 15 is 0 Å². The van der Waals surface area contributed by atoms with E-state index in [0.717, 1.165) is 0 Å². The van der Waals surface area contributed by atoms with Crippen molar-refractivity contribution in [1.29, 1.82) is 0 Å². The van der Waals surface area contributed by atoms with Gasteiger partial charge in [-0.3, -0.25) is 10.1 Å². The molecular weight excluding hydrogens is 191 g/mol. The second-order valence-corrected chi connectivity index (χ2v) is 3.06. The molecule has 0 bridgehead atoms. The highest BCUT2D eigenvalue weighted by atomic mass is 35.5. The minimum Gasteiger partial charge on any atom is -0.355 e. The predicted octanol–water partition coefficient (Wildman–Crippen LogP) is 1.27. The number of nitro groups is 1. The summed E-state index contributed by atoms with van der Waals surface area (Å²) < 4.78 is 0. The zero-order chi connectivity index (χ0) is 8.43. The SMILES string of the molecule is O=[N+]([O-])[C@@H]1CC=C(Cl)N[C@@H]1Cl. The van der Waals surface area contributed by atoms with Crippen LogP contribution in [-0.2, 0) is 0 Å². The van der Waals surface area contributed by atoms with E-state index in [1.807, 2.05) is 0 Å². The third-order valence-corrected chi connectivity index (χ3v) is 2.09. The third kappa shape index (κ3) is 1.97. The van der Waals surface area contributed by atoms with Crippen molar-refractivity contribution in [2.75, 3.05) is 0 Å². The molecule has 4 nitrogen and oxygen atoms in total. The summed E-state index contributed by atoms with van der Waals surface area (Å²) >= 11 is 11.1. The zero-order valence-electron chi connectivity index (χ0n) is 5.46. The van der Waals surface area contributed by atoms with Crippen LogP contribution in [0.5, 0.6) is 0 Å². The first-order valence-corrected chi connectivity index (χ1v) is 3.82. The molecule has 2 atom stereocenters. The Morgan fingerprint density at radius 2 is 2.45 bits per heavy atom. The lowest BCUT2D eigenvalue weighted by atomic mass is 10.2. The molecule has 0 saturated heterocycles. The van der Waals surface area contributed by atoms with Crippen LogP contribution in [0.4, 0.5) is 0 Å². The lowest BCUT2D eigenvalue weighted by Gasteiger charge is -2.19. The van der Waals surface area contributed by atoms with Gasteiger partial charge in [-0.25, -0.2) is 0 Å². The lowest BCUT2D eigenvalue weighted by Crippen LogP contribution is -2.41. The Labute approximate surface area is 73.3 Å². The van der Waals surface area contributed by atoms with Crippen molar-refractivity contribution in [2.45, 2.75) is 18.0 Å². The van der Waals surface area contributed by atoms with Gasteiger partial charge >= 0.3 is 0 Å². The topological polar surface area (TPSA) is 55.2 Å². The lowest BCUT2D eigenvalue weighted by molar-refractivity contribution is -0.522. The van der Waals surface area contributed by atoms with Crippen molar-refractivity contribution in [2.24, 2.45) is 0 Å². The Balaban J connectivity index is 2.65. The number of rotatable bonds is 1. The van der Waals surface area contributed by atoms with Gasteiger partial charge in [0, 0.05) is 11.3 Å². The fraction of sp³-hybridized carbons (Fsp3) is 0.600. The molecule has 0 aromatic rings. The van der Waals surface area contributed by atoms with Crippen LogP contribution in [0, 0.1) is 10.1 Å². The van der Waals surface area contributed by atoms with Gasteiger partial charge < -0.3 is 5.32 Å². The molecule has 0 amide bonds. The van der Waals surface area contributed by atoms with Crippen molar-refractivity contribution >= 4 is 23.2 Å². The molecule has 1 heterocycles. The second kappa shape index (κ2) is 3.28. The highest BCUT2D eigenvalue weighted by molar-refractivity contribution is 6.30. The summed E-state index contributed by atoms with van der Waals surface area (Å²) in [5, 5.41) is 13.2. The summed E-state index contributed by atoms with van der Waals surface area (Å²) in [7, 11) is 0. The van der Waals surface area contributed by atoms with E-state index in [2.05, 4.69) is 5.32 Å². The van der Waals surface area contributed by atoms with Gasteiger partial charge in [-0.2, -0.15) is 0 Å². The average Bonchev–Trinajstić information content (AvgIpc) is 1.85. The number of halogens is 2. The minimum atomic E-state index is -0.779. The molecule has 0 radical (unpaired) electrons. The summed E-state index contributed by atoms with van der Waals surface area (Å²) in [5.41, 5.74) is -0.706. The smallest absolute Gasteiger partial charge is 0.250 e. The maximum absolute atomic E-state index is 10.3. The van der Waals surface area contributed by atoms with Gasteiger partial charge in [-0.15, -0.1) is 0 Å². The minimum absolute atomic E-state index is 0.285. The van der Waals surface area contributed by atoms with Crippen LogP contribution in [-0.4, -0.2) is 16.5 Å². The van der Waals surface area contributed by atoms with Crippen molar-refractivity contribution in [3.63, 3.8) is 0 Å². The Kier molecular flexibility index (Phi) is 2.57. The predicted molar refractivity (Wildman–Crippen MR) is 42.1 cm³/mol. The van der Waals surface area contributed by atoms with Crippen LogP contribution in [0.15, 0.2) is 11.2 Å². The highest BCUT2D eigenvalue weighted by Crippen LogP contribution is 2.17. The fourth-order valence-electron chi connectivity index (χ4n) is 0.823. The molecule has 1 N–H and O–H groups in total. The summed E-state index contributed by atoms with van der Waals surface area (Å²) in [4.78, 5) is 9.87. The first-order chi connectivity index (χ1) is 5.11. The average molecular weight is 197 g/mol. The van der Waals surface area contributed by atoms with E-state index in [1.54, 1.807) is 6.08 Å². The molecule has 0 aliphatic carbocycles. The number of hydrogen-bond acceptors (Lipinski definition) is 3. The Morgan fingerprint density at radius 1 is 1.82 bits per heavy atom. The molecule has 1 aliphatic heterocycles. The molecule has 1 rings (SSSR count). The molecule has 1 aliphatic rings. The van der Waals surface area contributed by atoms with Crippen LogP contribution in [0.2, 0.25) is 0 Å². The van der Waals surface area contributed by atoms with E-state index in [0.29, 0.717) is 5.16 Å². The molecule has 62 valence electrons. The van der Waals surface area contributed by atoms with E-state index in [-0.39, 0.29) is 6.42 Å². The highest BCUT2D eigenvalue weighted by Gasteiger charge is 2.31. The normalized spacial score (nSPS) is 30.5. The van der Waals surface area contributed by atoms with Crippen LogP contribution in [0.25, 0.3) is 0 Å². The fourth-order valence-corrected chi connectivity index (χ4v) is 1.40. The maximum atomic E-state index is 10.3. The quantitative estimate of drug-likeness (QED) is 0.298. The van der Waals surface area contributed by atoms with Crippen LogP contribution >= 0.6 is 23.2 Å². The van der Waals surface area contributed by atoms with Gasteiger partial charge in [0.05, 0.1) is 5.16 Å². The van der Waals surface area contributed by atoms with Crippen molar-refractivity contribution < 1.29 is 4.92 Å². The van der Waals surface area contributed by atoms with Gasteiger partial charge in [0.25, 0.3) is 0 Å². The number of hydrogen-bond donors (Lipinski definition) is 1. The monoisotopic (exact) mass is 196 g/mol. The van der Waals surface area contributed by atoms with Gasteiger partial charge in [0.2, 0.25) is 6.04 Å². The summed E-state index contributed by atoms with van der Waals surface area (Å²) in [6.07, 6.45) is 1.83. The Hall–Kier alpha value is -0.480. The first kappa shape index (κ1) is 8.62. The van der Waals surface area contributed by atoms with E-state index in [9.17, 15) is 10.1 Å². The molecule has 6 heteroatoms. The largest absolute Gasteiger partial charge is 0.355 e. The van der Waals surface area contributed by atoms with Gasteiger partial charge in [0.15, 0.2) is 5.50 Å². The van der Waals surface area contributed by atoms with Crippen molar-refractivity contribution in [1.82, 2.24) is 5.32 Å². The third-order valence-electron chi connectivity index (χ3n) is 1.42. The Morgan fingerprint density at radius 3 is 2.91 bits per heavy atom. The molecule has 11 heavy (non-hydrogen) atoms. The van der Waals surface area contributed by atoms with E-state index in [1.165, 1.54) is 0 Å². The molecule has 0 fully saturated rings. The van der Waals surface area contributed by atoms with Crippen molar-refractivity contribution in [3.05, 3.63) is 21.3 Å². The summed E-state index contributed by atoms with van der Waals surface area (Å²) in [5.74, 6) is 0. The standard InChI is InChI=1S/C5H6Cl2N2O2/c6-4-2-1-3(9(10)11)5(7)8-4/h2-3,5,8H,1H2/t3-,5+/m1/s1. The first-order valence-electron chi connectivity index (χ1n) is 3.01. The molecular formula is C5H6Cl2N2O2. The van der Waals surface area contributed by atoms with Gasteiger partial charge in [0.1, 0.15) is 0 Å². The molecule has 0 aromatic heterocycles. The Bertz CT molecular complexity index is 207. The second-order valence-electron chi connectivity index (χ2n) is 2.19. The molecule has 0 unspecified atom stereocenters. The van der Waals surface area contributed by atoms with Crippen molar-refractivity contribution in [3.8, 4) is 0 Å². The summed E-state index contributed by atoms with van der Waals surface area (Å²) in [6.45, 7) is 0. The molecule has 0 aromatic carbocycles. The maximum Gasteiger partial charge on any atom is 0.250 e. The van der Waals surface area contributed by atoms with Gasteiger partial charge in [-0.05, 0) is 6.08 Å².